The molecular formula is C14H21N5O2. The Labute approximate surface area is 123 Å². The number of nitrogens with zero attached hydrogens (tertiary/aromatic N) is 4. The standard InChI is InChI=1S/C14H21N5O2/c1-8(2)10(13(20)21)18-11-9-6-17-19(14(3,4)5)12(9)16-7-15-11/h6-8,10H,1-5H3,(H,20,21)(H,15,16,18)/t10-/m0/s1. The van der Waals surface area contributed by atoms with Crippen molar-refractivity contribution in [3.8, 4) is 0 Å². The summed E-state index contributed by atoms with van der Waals surface area (Å²) < 4.78 is 1.81. The second-order valence-corrected chi connectivity index (χ2v) is 6.39. The van der Waals surface area contributed by atoms with Gasteiger partial charge in [-0.2, -0.15) is 5.10 Å². The van der Waals surface area contributed by atoms with Gasteiger partial charge < -0.3 is 10.4 Å². The van der Waals surface area contributed by atoms with Crippen molar-refractivity contribution in [3.63, 3.8) is 0 Å². The Balaban J connectivity index is 2.47. The maximum absolute atomic E-state index is 11.3. The van der Waals surface area contributed by atoms with E-state index in [1.165, 1.54) is 6.33 Å². The van der Waals surface area contributed by atoms with Crippen LogP contribution in [-0.2, 0) is 10.3 Å². The lowest BCUT2D eigenvalue weighted by molar-refractivity contribution is -0.138. The predicted octanol–water partition coefficient (Wildman–Crippen LogP) is 2.10. The van der Waals surface area contributed by atoms with E-state index in [1.807, 2.05) is 34.6 Å². The SMILES string of the molecule is CC(C)[C@H](Nc1ncnc2c1cnn2C(C)(C)C)C(=O)O. The van der Waals surface area contributed by atoms with Gasteiger partial charge in [0.1, 0.15) is 18.2 Å². The van der Waals surface area contributed by atoms with E-state index in [4.69, 9.17) is 0 Å². The summed E-state index contributed by atoms with van der Waals surface area (Å²) in [5, 5.41) is 17.3. The molecule has 7 nitrogen and oxygen atoms in total. The highest BCUT2D eigenvalue weighted by Gasteiger charge is 2.24. The molecule has 0 fully saturated rings. The summed E-state index contributed by atoms with van der Waals surface area (Å²) in [6.45, 7) is 9.79. The van der Waals surface area contributed by atoms with E-state index >= 15 is 0 Å². The zero-order valence-electron chi connectivity index (χ0n) is 13.0. The summed E-state index contributed by atoms with van der Waals surface area (Å²) >= 11 is 0. The molecule has 2 aromatic heterocycles. The quantitative estimate of drug-likeness (QED) is 0.896. The number of carbonyl (C=O) groups is 1. The number of hydrogen-bond donors (Lipinski definition) is 2. The molecule has 7 heteroatoms. The van der Waals surface area contributed by atoms with E-state index in [0.29, 0.717) is 11.5 Å². The highest BCUT2D eigenvalue weighted by molar-refractivity contribution is 5.88. The number of aliphatic carboxylic acids is 1. The lowest BCUT2D eigenvalue weighted by Crippen LogP contribution is -2.34. The third-order valence-electron chi connectivity index (χ3n) is 3.23. The second kappa shape index (κ2) is 5.31. The lowest BCUT2D eigenvalue weighted by atomic mass is 10.0. The zero-order chi connectivity index (χ0) is 15.8. The molecule has 0 saturated heterocycles. The Hall–Kier alpha value is -2.18. The highest BCUT2D eigenvalue weighted by Crippen LogP contribution is 2.25. The molecule has 114 valence electrons. The van der Waals surface area contributed by atoms with Crippen LogP contribution in [-0.4, -0.2) is 36.9 Å². The Bertz CT molecular complexity index is 657. The fraction of sp³-hybridized carbons (Fsp3) is 0.571. The normalized spacial score (nSPS) is 13.6. The summed E-state index contributed by atoms with van der Waals surface area (Å²) in [7, 11) is 0. The minimum atomic E-state index is -0.903. The molecule has 0 bridgehead atoms. The molecule has 2 aromatic rings. The van der Waals surface area contributed by atoms with Crippen LogP contribution in [0.1, 0.15) is 34.6 Å². The van der Waals surface area contributed by atoms with Crippen molar-refractivity contribution >= 4 is 22.8 Å². The van der Waals surface area contributed by atoms with E-state index in [0.717, 1.165) is 5.39 Å². The molecule has 0 spiro atoms. The van der Waals surface area contributed by atoms with Crippen molar-refractivity contribution in [3.05, 3.63) is 12.5 Å². The number of hydrogen-bond acceptors (Lipinski definition) is 5. The first kappa shape index (κ1) is 15.2. The number of nitrogens with one attached hydrogen (secondary N) is 1. The van der Waals surface area contributed by atoms with Crippen molar-refractivity contribution < 1.29 is 9.90 Å². The average Bonchev–Trinajstić information content (AvgIpc) is 2.79. The van der Waals surface area contributed by atoms with Gasteiger partial charge in [0, 0.05) is 0 Å². The molecule has 0 saturated carbocycles. The van der Waals surface area contributed by atoms with Gasteiger partial charge in [-0.15, -0.1) is 0 Å². The van der Waals surface area contributed by atoms with Crippen LogP contribution < -0.4 is 5.32 Å². The molecule has 1 atom stereocenters. The third-order valence-corrected chi connectivity index (χ3v) is 3.23. The van der Waals surface area contributed by atoms with Gasteiger partial charge in [-0.3, -0.25) is 0 Å². The van der Waals surface area contributed by atoms with Gasteiger partial charge in [0.2, 0.25) is 0 Å². The molecule has 2 N–H and O–H groups in total. The molecule has 21 heavy (non-hydrogen) atoms. The molecule has 0 unspecified atom stereocenters. The molecule has 0 aliphatic heterocycles. The molecule has 2 heterocycles. The fourth-order valence-corrected chi connectivity index (χ4v) is 2.11. The van der Waals surface area contributed by atoms with Crippen molar-refractivity contribution in [2.75, 3.05) is 5.32 Å². The van der Waals surface area contributed by atoms with Crippen LogP contribution >= 0.6 is 0 Å². The minimum absolute atomic E-state index is 0.0647. The Kier molecular flexibility index (Phi) is 3.85. The van der Waals surface area contributed by atoms with Crippen LogP contribution in [0.4, 0.5) is 5.82 Å². The van der Waals surface area contributed by atoms with Gasteiger partial charge in [0.15, 0.2) is 5.65 Å². The largest absolute Gasteiger partial charge is 0.480 e. The number of aromatic nitrogens is 4. The van der Waals surface area contributed by atoms with Gasteiger partial charge >= 0.3 is 5.97 Å². The number of rotatable bonds is 4. The van der Waals surface area contributed by atoms with Crippen LogP contribution in [0, 0.1) is 5.92 Å². The van der Waals surface area contributed by atoms with E-state index in [1.54, 1.807) is 10.9 Å². The van der Waals surface area contributed by atoms with Crippen LogP contribution in [0.5, 0.6) is 0 Å². The molecule has 0 aliphatic carbocycles. The first-order valence-corrected chi connectivity index (χ1v) is 6.90. The van der Waals surface area contributed by atoms with Gasteiger partial charge in [-0.25, -0.2) is 19.4 Å². The summed E-state index contributed by atoms with van der Waals surface area (Å²) in [6.07, 6.45) is 3.09. The number of carboxylic acid groups (broad SMARTS) is 1. The molecule has 2 rings (SSSR count). The first-order valence-electron chi connectivity index (χ1n) is 6.90. The molecular weight excluding hydrogens is 270 g/mol. The topological polar surface area (TPSA) is 92.9 Å². The second-order valence-electron chi connectivity index (χ2n) is 6.39. The lowest BCUT2D eigenvalue weighted by Gasteiger charge is -2.20. The van der Waals surface area contributed by atoms with Crippen LogP contribution in [0.15, 0.2) is 12.5 Å². The zero-order valence-corrected chi connectivity index (χ0v) is 13.0. The van der Waals surface area contributed by atoms with Crippen molar-refractivity contribution in [2.45, 2.75) is 46.2 Å². The fourth-order valence-electron chi connectivity index (χ4n) is 2.11. The van der Waals surface area contributed by atoms with E-state index < -0.39 is 12.0 Å². The Morgan fingerprint density at radius 2 is 2.00 bits per heavy atom. The minimum Gasteiger partial charge on any atom is -0.480 e. The predicted molar refractivity (Wildman–Crippen MR) is 80.2 cm³/mol. The first-order chi connectivity index (χ1) is 9.71. The Morgan fingerprint density at radius 1 is 1.33 bits per heavy atom. The van der Waals surface area contributed by atoms with Crippen LogP contribution in [0.3, 0.4) is 0 Å². The maximum Gasteiger partial charge on any atom is 0.326 e. The van der Waals surface area contributed by atoms with Crippen molar-refractivity contribution in [2.24, 2.45) is 5.92 Å². The summed E-state index contributed by atoms with van der Waals surface area (Å²) in [6, 6.07) is -0.707. The van der Waals surface area contributed by atoms with Crippen LogP contribution in [0.2, 0.25) is 0 Å². The van der Waals surface area contributed by atoms with Crippen LogP contribution in [0.25, 0.3) is 11.0 Å². The van der Waals surface area contributed by atoms with Gasteiger partial charge in [0.05, 0.1) is 17.1 Å². The van der Waals surface area contributed by atoms with Gasteiger partial charge in [-0.05, 0) is 26.7 Å². The number of carboxylic acids is 1. The highest BCUT2D eigenvalue weighted by atomic mass is 16.4. The number of fused-ring (bicyclic) bond motifs is 1. The van der Waals surface area contributed by atoms with E-state index in [9.17, 15) is 9.90 Å². The van der Waals surface area contributed by atoms with Gasteiger partial charge in [-0.1, -0.05) is 13.8 Å². The summed E-state index contributed by atoms with van der Waals surface area (Å²) in [5.74, 6) is -0.471. The summed E-state index contributed by atoms with van der Waals surface area (Å²) in [5.41, 5.74) is 0.477. The van der Waals surface area contributed by atoms with E-state index in [-0.39, 0.29) is 11.5 Å². The molecule has 0 aromatic carbocycles. The molecule has 0 amide bonds. The van der Waals surface area contributed by atoms with E-state index in [2.05, 4.69) is 20.4 Å². The average molecular weight is 291 g/mol. The maximum atomic E-state index is 11.3. The Morgan fingerprint density at radius 3 is 2.52 bits per heavy atom. The third kappa shape index (κ3) is 2.96. The summed E-state index contributed by atoms with van der Waals surface area (Å²) in [4.78, 5) is 19.8. The van der Waals surface area contributed by atoms with Gasteiger partial charge in [0.25, 0.3) is 0 Å². The monoisotopic (exact) mass is 291 g/mol. The molecule has 0 radical (unpaired) electrons. The molecule has 0 aliphatic rings. The van der Waals surface area contributed by atoms with Crippen molar-refractivity contribution in [1.29, 1.82) is 0 Å². The van der Waals surface area contributed by atoms with Crippen molar-refractivity contribution in [1.82, 2.24) is 19.7 Å². The smallest absolute Gasteiger partial charge is 0.326 e. The number of anilines is 1.